The predicted octanol–water partition coefficient (Wildman–Crippen LogP) is 5.74. The van der Waals surface area contributed by atoms with Crippen LogP contribution in [0.3, 0.4) is 0 Å². The number of carbonyl (C=O) groups is 2. The first-order valence-corrected chi connectivity index (χ1v) is 19.0. The molecule has 3 aromatic rings. The third-order valence-electron chi connectivity index (χ3n) is 8.47. The molecule has 0 aromatic carbocycles. The molecular weight excluding hydrogens is 567 g/mol. The number of hydrogen-bond acceptors (Lipinski definition) is 7. The third kappa shape index (κ3) is 7.41. The van der Waals surface area contributed by atoms with Crippen molar-refractivity contribution in [1.82, 2.24) is 25.2 Å². The van der Waals surface area contributed by atoms with Gasteiger partial charge in [-0.25, -0.2) is 9.67 Å². The zero-order valence-electron chi connectivity index (χ0n) is 26.0. The molecule has 43 heavy (non-hydrogen) atoms. The maximum atomic E-state index is 15.5. The van der Waals surface area contributed by atoms with Gasteiger partial charge in [0.25, 0.3) is 5.91 Å². The lowest BCUT2D eigenvalue weighted by Gasteiger charge is -2.27. The van der Waals surface area contributed by atoms with Crippen LogP contribution in [0, 0.1) is 37.5 Å². The molecule has 0 bridgehead atoms. The summed E-state index contributed by atoms with van der Waals surface area (Å²) in [6.45, 7) is 13.5. The minimum absolute atomic E-state index is 0.0158. The van der Waals surface area contributed by atoms with Crippen molar-refractivity contribution in [1.29, 1.82) is 0 Å². The Morgan fingerprint density at radius 3 is 2.47 bits per heavy atom. The lowest BCUT2D eigenvalue weighted by Crippen LogP contribution is -2.50. The molecular formula is C31H43FN6O4Si. The molecule has 0 spiro atoms. The number of nitrogens with zero attached hydrogens (tertiary/aromatic N) is 4. The van der Waals surface area contributed by atoms with Gasteiger partial charge in [0.1, 0.15) is 30.4 Å². The van der Waals surface area contributed by atoms with Crippen LogP contribution in [-0.2, 0) is 22.7 Å². The Kier molecular flexibility index (Phi) is 9.17. The third-order valence-corrected chi connectivity index (χ3v) is 10.2. The summed E-state index contributed by atoms with van der Waals surface area (Å²) in [5, 5.41) is 14.2. The van der Waals surface area contributed by atoms with Gasteiger partial charge in [0.2, 0.25) is 11.9 Å². The van der Waals surface area contributed by atoms with Gasteiger partial charge in [-0.3, -0.25) is 9.59 Å². The first-order valence-electron chi connectivity index (χ1n) is 15.3. The van der Waals surface area contributed by atoms with Gasteiger partial charge in [0, 0.05) is 31.5 Å². The minimum Gasteiger partial charge on any atom is -0.364 e. The summed E-state index contributed by atoms with van der Waals surface area (Å²) in [6, 6.07) is 3.48. The van der Waals surface area contributed by atoms with E-state index in [0.29, 0.717) is 59.7 Å². The SMILES string of the molecule is CCc1nocc1C(=O)N[C@H](C(=O)Nc1ccc(-c2c(C)nn(COCC[Si](C)(C)C)c2C)c(F)n1)C(C1CC1)C1CC1. The highest BCUT2D eigenvalue weighted by Crippen LogP contribution is 2.51. The molecule has 3 heterocycles. The summed E-state index contributed by atoms with van der Waals surface area (Å²) < 4.78 is 28.1. The summed E-state index contributed by atoms with van der Waals surface area (Å²) >= 11 is 0. The minimum atomic E-state index is -1.21. The predicted molar refractivity (Wildman–Crippen MR) is 164 cm³/mol. The van der Waals surface area contributed by atoms with Gasteiger partial charge in [0.15, 0.2) is 0 Å². The van der Waals surface area contributed by atoms with Gasteiger partial charge < -0.3 is 19.9 Å². The number of nitrogens with one attached hydrogen (secondary N) is 2. The quantitative estimate of drug-likeness (QED) is 0.136. The van der Waals surface area contributed by atoms with Gasteiger partial charge in [-0.2, -0.15) is 9.49 Å². The molecule has 2 aliphatic rings. The van der Waals surface area contributed by atoms with E-state index >= 15 is 4.39 Å². The standard InChI is InChI=1S/C31H43FN6O4Si/c1-7-24-23(16-42-37-24)30(39)35-28(27(20-8-9-20)21-10-11-21)31(40)34-25-13-12-22(29(32)33-25)26-18(2)36-38(19(26)3)17-41-14-15-43(4,5)6/h12-13,16,20-21,27-28H,7-11,14-15,17H2,1-6H3,(H,35,39)(H,33,34,40)/t28-/m0/s1. The number of aromatic nitrogens is 4. The van der Waals surface area contributed by atoms with Crippen molar-refractivity contribution in [2.75, 3.05) is 11.9 Å². The Labute approximate surface area is 253 Å². The highest BCUT2D eigenvalue weighted by atomic mass is 28.3. The Morgan fingerprint density at radius 2 is 1.86 bits per heavy atom. The fraction of sp³-hybridized carbons (Fsp3) is 0.581. The number of ether oxygens (including phenoxy) is 1. The van der Waals surface area contributed by atoms with E-state index in [0.717, 1.165) is 37.4 Å². The molecule has 10 nitrogen and oxygen atoms in total. The lowest BCUT2D eigenvalue weighted by atomic mass is 9.88. The van der Waals surface area contributed by atoms with Gasteiger partial charge in [0.05, 0.1) is 11.4 Å². The van der Waals surface area contributed by atoms with E-state index in [9.17, 15) is 9.59 Å². The topological polar surface area (TPSA) is 124 Å². The monoisotopic (exact) mass is 610 g/mol. The second kappa shape index (κ2) is 12.7. The summed E-state index contributed by atoms with van der Waals surface area (Å²) in [5.74, 6) is -0.638. The van der Waals surface area contributed by atoms with Crippen molar-refractivity contribution in [2.24, 2.45) is 17.8 Å². The molecule has 5 rings (SSSR count). The molecule has 0 radical (unpaired) electrons. The Hall–Kier alpha value is -3.38. The van der Waals surface area contributed by atoms with Crippen molar-refractivity contribution in [2.45, 2.75) is 91.3 Å². The van der Waals surface area contributed by atoms with E-state index in [4.69, 9.17) is 9.26 Å². The molecule has 2 fully saturated rings. The Balaban J connectivity index is 1.31. The zero-order valence-corrected chi connectivity index (χ0v) is 27.0. The van der Waals surface area contributed by atoms with E-state index < -0.39 is 31.9 Å². The smallest absolute Gasteiger partial charge is 0.257 e. The molecule has 3 aromatic heterocycles. The van der Waals surface area contributed by atoms with E-state index in [2.05, 4.69) is 45.5 Å². The van der Waals surface area contributed by atoms with Crippen LogP contribution in [0.15, 0.2) is 22.9 Å². The number of rotatable bonds is 14. The van der Waals surface area contributed by atoms with Gasteiger partial charge in [-0.1, -0.05) is 31.7 Å². The molecule has 2 aliphatic carbocycles. The second-order valence-electron chi connectivity index (χ2n) is 13.1. The van der Waals surface area contributed by atoms with Crippen LogP contribution in [0.25, 0.3) is 11.1 Å². The van der Waals surface area contributed by atoms with Crippen LogP contribution in [0.5, 0.6) is 0 Å². The van der Waals surface area contributed by atoms with E-state index in [-0.39, 0.29) is 11.7 Å². The second-order valence-corrected chi connectivity index (χ2v) is 18.8. The summed E-state index contributed by atoms with van der Waals surface area (Å²) in [5.41, 5.74) is 3.28. The average molecular weight is 611 g/mol. The van der Waals surface area contributed by atoms with Crippen molar-refractivity contribution in [3.63, 3.8) is 0 Å². The highest BCUT2D eigenvalue weighted by Gasteiger charge is 2.48. The van der Waals surface area contributed by atoms with Crippen molar-refractivity contribution in [3.05, 3.63) is 47.0 Å². The van der Waals surface area contributed by atoms with Crippen LogP contribution in [0.4, 0.5) is 10.2 Å². The van der Waals surface area contributed by atoms with Crippen LogP contribution in [-0.4, -0.2) is 52.5 Å². The Morgan fingerprint density at radius 1 is 1.16 bits per heavy atom. The number of aryl methyl sites for hydroxylation is 2. The fourth-order valence-electron chi connectivity index (χ4n) is 5.78. The number of anilines is 1. The summed E-state index contributed by atoms with van der Waals surface area (Å²) in [6.07, 6.45) is 5.98. The van der Waals surface area contributed by atoms with E-state index in [1.54, 1.807) is 16.8 Å². The first kappa shape index (κ1) is 31.1. The molecule has 0 saturated heterocycles. The maximum absolute atomic E-state index is 15.5. The number of amides is 2. The first-order chi connectivity index (χ1) is 20.5. The highest BCUT2D eigenvalue weighted by molar-refractivity contribution is 6.76. The van der Waals surface area contributed by atoms with Crippen molar-refractivity contribution in [3.8, 4) is 11.1 Å². The molecule has 1 atom stereocenters. The lowest BCUT2D eigenvalue weighted by molar-refractivity contribution is -0.119. The summed E-state index contributed by atoms with van der Waals surface area (Å²) in [4.78, 5) is 31.0. The normalized spacial score (nSPS) is 16.0. The van der Waals surface area contributed by atoms with E-state index in [1.807, 2.05) is 20.8 Å². The van der Waals surface area contributed by atoms with Gasteiger partial charge in [-0.15, -0.1) is 0 Å². The Bertz CT molecular complexity index is 1460. The zero-order chi connectivity index (χ0) is 30.9. The van der Waals surface area contributed by atoms with Crippen LogP contribution < -0.4 is 10.6 Å². The molecule has 0 aliphatic heterocycles. The average Bonchev–Trinajstić information content (AvgIpc) is 3.88. The fourth-order valence-corrected chi connectivity index (χ4v) is 6.54. The largest absolute Gasteiger partial charge is 0.364 e. The van der Waals surface area contributed by atoms with E-state index in [1.165, 1.54) is 6.26 Å². The molecule has 2 saturated carbocycles. The molecule has 2 amide bonds. The van der Waals surface area contributed by atoms with Gasteiger partial charge >= 0.3 is 0 Å². The van der Waals surface area contributed by atoms with Crippen LogP contribution >= 0.6 is 0 Å². The number of halogens is 1. The molecule has 2 N–H and O–H groups in total. The van der Waals surface area contributed by atoms with Crippen molar-refractivity contribution < 1.29 is 23.2 Å². The van der Waals surface area contributed by atoms with Crippen LogP contribution in [0.2, 0.25) is 25.7 Å². The molecule has 12 heteroatoms. The van der Waals surface area contributed by atoms with Gasteiger partial charge in [-0.05, 0) is 81.9 Å². The number of carbonyl (C=O) groups excluding carboxylic acids is 2. The van der Waals surface area contributed by atoms with Crippen LogP contribution in [0.1, 0.15) is 60.0 Å². The molecule has 232 valence electrons. The maximum Gasteiger partial charge on any atom is 0.257 e. The number of hydrogen-bond donors (Lipinski definition) is 2. The molecule has 0 unspecified atom stereocenters. The van der Waals surface area contributed by atoms with Crippen molar-refractivity contribution >= 4 is 25.7 Å². The summed E-state index contributed by atoms with van der Waals surface area (Å²) in [7, 11) is -1.21. The number of pyridine rings is 1.